The Balaban J connectivity index is 2.12. The molecule has 1 aromatic carbocycles. The molecule has 1 aliphatic rings. The van der Waals surface area contributed by atoms with E-state index in [-0.39, 0.29) is 5.02 Å². The van der Waals surface area contributed by atoms with Crippen molar-refractivity contribution >= 4 is 11.6 Å². The van der Waals surface area contributed by atoms with Gasteiger partial charge in [0.15, 0.2) is 0 Å². The summed E-state index contributed by atoms with van der Waals surface area (Å²) in [5.74, 6) is 2.52. The molecule has 1 nitrogen and oxygen atoms in total. The van der Waals surface area contributed by atoms with Crippen LogP contribution < -0.4 is 0 Å². The first-order valence-corrected chi connectivity index (χ1v) is 5.35. The second-order valence-electron chi connectivity index (χ2n) is 3.56. The van der Waals surface area contributed by atoms with Crippen molar-refractivity contribution in [2.45, 2.75) is 12.8 Å². The van der Waals surface area contributed by atoms with Crippen LogP contribution in [0.25, 0.3) is 0 Å². The highest BCUT2D eigenvalue weighted by Gasteiger charge is 2.06. The van der Waals surface area contributed by atoms with Crippen LogP contribution in [0.15, 0.2) is 18.2 Å². The van der Waals surface area contributed by atoms with Gasteiger partial charge in [-0.05, 0) is 37.0 Å². The summed E-state index contributed by atoms with van der Waals surface area (Å²) in [4.78, 5) is 2.06. The molecule has 1 aliphatic heterocycles. The van der Waals surface area contributed by atoms with Gasteiger partial charge in [-0.25, -0.2) is 4.39 Å². The Bertz CT molecular complexity index is 413. The normalized spacial score (nSPS) is 14.9. The number of likely N-dealkylation sites (tertiary alicyclic amines) is 1. The Hall–Kier alpha value is -1.20. The molecular weight excluding hydrogens is 213 g/mol. The van der Waals surface area contributed by atoms with Crippen molar-refractivity contribution in [3.05, 3.63) is 34.6 Å². The highest BCUT2D eigenvalue weighted by Crippen LogP contribution is 2.15. The van der Waals surface area contributed by atoms with Gasteiger partial charge >= 0.3 is 0 Å². The van der Waals surface area contributed by atoms with Crippen LogP contribution in [0.1, 0.15) is 18.4 Å². The Kier molecular flexibility index (Phi) is 3.13. The lowest BCUT2D eigenvalue weighted by Gasteiger charge is -2.05. The molecule has 0 N–H and O–H groups in total. The smallest absolute Gasteiger partial charge is 0.143 e. The van der Waals surface area contributed by atoms with E-state index in [9.17, 15) is 4.39 Å². The van der Waals surface area contributed by atoms with Crippen LogP contribution in [-0.4, -0.2) is 18.0 Å². The molecule has 1 fully saturated rings. The fraction of sp³-hybridized carbons (Fsp3) is 0.333. The van der Waals surface area contributed by atoms with E-state index in [1.165, 1.54) is 25.0 Å². The number of halogens is 2. The molecule has 2 rings (SSSR count). The predicted molar refractivity (Wildman–Crippen MR) is 59.1 cm³/mol. The van der Waals surface area contributed by atoms with E-state index in [1.807, 2.05) is 0 Å². The second kappa shape index (κ2) is 4.55. The largest absolute Gasteiger partial charge is 0.332 e. The molecule has 0 saturated carbocycles. The molecule has 1 heterocycles. The standard InChI is InChI=1S/C12H11ClFN/c13-11-4-3-10(9-12(11)14)5-8-15-6-1-2-7-15/h3-4,9H,1-2,6-7H2. The third-order valence-corrected chi connectivity index (χ3v) is 2.69. The molecule has 0 atom stereocenters. The van der Waals surface area contributed by atoms with Crippen molar-refractivity contribution in [1.29, 1.82) is 0 Å². The minimum atomic E-state index is -0.412. The second-order valence-corrected chi connectivity index (χ2v) is 3.97. The summed E-state index contributed by atoms with van der Waals surface area (Å²) in [6.07, 6.45) is 2.40. The summed E-state index contributed by atoms with van der Waals surface area (Å²) in [5.41, 5.74) is 0.670. The van der Waals surface area contributed by atoms with Gasteiger partial charge in [-0.3, -0.25) is 0 Å². The van der Waals surface area contributed by atoms with Gasteiger partial charge in [0, 0.05) is 24.7 Å². The first-order chi connectivity index (χ1) is 7.25. The molecule has 0 amide bonds. The van der Waals surface area contributed by atoms with E-state index in [0.29, 0.717) is 5.56 Å². The molecule has 78 valence electrons. The molecule has 0 aliphatic carbocycles. The summed E-state index contributed by atoms with van der Waals surface area (Å²) >= 11 is 5.57. The fourth-order valence-electron chi connectivity index (χ4n) is 1.55. The van der Waals surface area contributed by atoms with Crippen LogP contribution in [0.3, 0.4) is 0 Å². The number of hydrogen-bond donors (Lipinski definition) is 0. The minimum absolute atomic E-state index is 0.140. The molecule has 3 heteroatoms. The van der Waals surface area contributed by atoms with E-state index >= 15 is 0 Å². The number of hydrogen-bond acceptors (Lipinski definition) is 1. The van der Waals surface area contributed by atoms with Crippen molar-refractivity contribution in [1.82, 2.24) is 4.90 Å². The van der Waals surface area contributed by atoms with Gasteiger partial charge in [-0.15, -0.1) is 0 Å². The summed E-state index contributed by atoms with van der Waals surface area (Å²) in [5, 5.41) is 0.140. The molecule has 0 radical (unpaired) electrons. The van der Waals surface area contributed by atoms with E-state index in [1.54, 1.807) is 6.07 Å². The van der Waals surface area contributed by atoms with Gasteiger partial charge in [-0.1, -0.05) is 11.6 Å². The summed E-state index contributed by atoms with van der Waals surface area (Å²) in [7, 11) is 0. The van der Waals surface area contributed by atoms with Crippen molar-refractivity contribution in [3.8, 4) is 12.0 Å². The summed E-state index contributed by atoms with van der Waals surface area (Å²) < 4.78 is 13.1. The fourth-order valence-corrected chi connectivity index (χ4v) is 1.66. The molecule has 0 unspecified atom stereocenters. The summed E-state index contributed by atoms with van der Waals surface area (Å²) in [6, 6.07) is 7.65. The Morgan fingerprint density at radius 2 is 2.00 bits per heavy atom. The molecule has 1 aromatic rings. The number of benzene rings is 1. The zero-order chi connectivity index (χ0) is 10.7. The van der Waals surface area contributed by atoms with Crippen LogP contribution in [-0.2, 0) is 0 Å². The molecule has 15 heavy (non-hydrogen) atoms. The average molecular weight is 224 g/mol. The van der Waals surface area contributed by atoms with Gasteiger partial charge in [-0.2, -0.15) is 0 Å². The first-order valence-electron chi connectivity index (χ1n) is 4.97. The highest BCUT2D eigenvalue weighted by atomic mass is 35.5. The SMILES string of the molecule is Fc1cc(C#CN2CCCC2)ccc1Cl. The van der Waals surface area contributed by atoms with Crippen molar-refractivity contribution < 1.29 is 4.39 Å². The maximum atomic E-state index is 13.1. The maximum Gasteiger partial charge on any atom is 0.143 e. The minimum Gasteiger partial charge on any atom is -0.332 e. The lowest BCUT2D eigenvalue weighted by molar-refractivity contribution is 0.496. The monoisotopic (exact) mass is 223 g/mol. The van der Waals surface area contributed by atoms with E-state index in [4.69, 9.17) is 11.6 Å². The third-order valence-electron chi connectivity index (χ3n) is 2.38. The van der Waals surface area contributed by atoms with Gasteiger partial charge in [0.2, 0.25) is 0 Å². The molecule has 0 aromatic heterocycles. The van der Waals surface area contributed by atoms with Gasteiger partial charge in [0.25, 0.3) is 0 Å². The van der Waals surface area contributed by atoms with Crippen LogP contribution >= 0.6 is 11.6 Å². The Labute approximate surface area is 93.8 Å². The lowest BCUT2D eigenvalue weighted by atomic mass is 10.2. The number of rotatable bonds is 0. The first kappa shape index (κ1) is 10.3. The van der Waals surface area contributed by atoms with Gasteiger partial charge in [0.05, 0.1) is 5.02 Å². The zero-order valence-electron chi connectivity index (χ0n) is 8.26. The third kappa shape index (κ3) is 2.64. The van der Waals surface area contributed by atoms with Gasteiger partial charge in [0.1, 0.15) is 5.82 Å². The van der Waals surface area contributed by atoms with Crippen LogP contribution in [0, 0.1) is 17.8 Å². The van der Waals surface area contributed by atoms with Crippen LogP contribution in [0.2, 0.25) is 5.02 Å². The van der Waals surface area contributed by atoms with Gasteiger partial charge < -0.3 is 4.90 Å². The molecule has 0 spiro atoms. The Morgan fingerprint density at radius 1 is 1.27 bits per heavy atom. The quantitative estimate of drug-likeness (QED) is 0.612. The highest BCUT2D eigenvalue weighted by molar-refractivity contribution is 6.30. The van der Waals surface area contributed by atoms with E-state index in [0.717, 1.165) is 13.1 Å². The molecule has 1 saturated heterocycles. The lowest BCUT2D eigenvalue weighted by Crippen LogP contribution is -2.11. The van der Waals surface area contributed by atoms with Crippen LogP contribution in [0.4, 0.5) is 4.39 Å². The van der Waals surface area contributed by atoms with E-state index < -0.39 is 5.82 Å². The average Bonchev–Trinajstić information content (AvgIpc) is 2.73. The molecule has 0 bridgehead atoms. The zero-order valence-corrected chi connectivity index (χ0v) is 9.02. The van der Waals surface area contributed by atoms with Crippen molar-refractivity contribution in [2.75, 3.05) is 13.1 Å². The van der Waals surface area contributed by atoms with Crippen LogP contribution in [0.5, 0.6) is 0 Å². The summed E-state index contributed by atoms with van der Waals surface area (Å²) in [6.45, 7) is 2.03. The Morgan fingerprint density at radius 3 is 2.67 bits per heavy atom. The van der Waals surface area contributed by atoms with E-state index in [2.05, 4.69) is 16.9 Å². The van der Waals surface area contributed by atoms with Crippen molar-refractivity contribution in [2.24, 2.45) is 0 Å². The topological polar surface area (TPSA) is 3.24 Å². The maximum absolute atomic E-state index is 13.1. The predicted octanol–water partition coefficient (Wildman–Crippen LogP) is 2.88. The molecular formula is C12H11ClFN. The van der Waals surface area contributed by atoms with Crippen molar-refractivity contribution in [3.63, 3.8) is 0 Å². The number of nitrogens with zero attached hydrogens (tertiary/aromatic N) is 1.